The number of unbranched alkanes of at least 4 members (excludes halogenated alkanes) is 9. The van der Waals surface area contributed by atoms with Gasteiger partial charge < -0.3 is 0 Å². The standard InChI is InChI=1S/C15H32P/c1-3-5-6-7-8-9-10-11-12-13-15-16-14-4-2/h3-15H2,1-2H3. The minimum Gasteiger partial charge on any atom is -0.0810 e. The SMILES string of the molecule is CCCCCCCCCCCC[P]CCC. The highest BCUT2D eigenvalue weighted by Crippen LogP contribution is 2.16. The third-order valence-corrected chi connectivity index (χ3v) is 4.45. The number of hydrogen-bond donors (Lipinski definition) is 0. The van der Waals surface area contributed by atoms with Gasteiger partial charge in [0, 0.05) is 0 Å². The van der Waals surface area contributed by atoms with E-state index in [4.69, 9.17) is 0 Å². The lowest BCUT2D eigenvalue weighted by Crippen LogP contribution is -1.83. The van der Waals surface area contributed by atoms with Crippen LogP contribution < -0.4 is 0 Å². The summed E-state index contributed by atoms with van der Waals surface area (Å²) in [6, 6.07) is 0. The van der Waals surface area contributed by atoms with Crippen LogP contribution in [0.25, 0.3) is 0 Å². The second-order valence-electron chi connectivity index (χ2n) is 4.85. The molecule has 0 atom stereocenters. The zero-order valence-electron chi connectivity index (χ0n) is 11.6. The first-order chi connectivity index (χ1) is 7.91. The predicted octanol–water partition coefficient (Wildman–Crippen LogP) is 6.26. The Morgan fingerprint density at radius 2 is 1.00 bits per heavy atom. The van der Waals surface area contributed by atoms with E-state index in [1.54, 1.807) is 8.58 Å². The fourth-order valence-corrected chi connectivity index (χ4v) is 2.97. The summed E-state index contributed by atoms with van der Waals surface area (Å²) in [6.45, 7) is 4.57. The molecule has 0 bridgehead atoms. The van der Waals surface area contributed by atoms with Gasteiger partial charge in [0.15, 0.2) is 0 Å². The molecule has 1 heteroatoms. The Morgan fingerprint density at radius 3 is 1.50 bits per heavy atom. The Kier molecular flexibility index (Phi) is 15.8. The normalized spacial score (nSPS) is 11.6. The molecule has 16 heavy (non-hydrogen) atoms. The largest absolute Gasteiger partial charge is 0.0810 e. The second kappa shape index (κ2) is 15.4. The van der Waals surface area contributed by atoms with Gasteiger partial charge in [-0.3, -0.25) is 0 Å². The maximum Gasteiger partial charge on any atom is -0.0287 e. The molecular weight excluding hydrogens is 211 g/mol. The van der Waals surface area contributed by atoms with Crippen molar-refractivity contribution >= 4 is 8.58 Å². The van der Waals surface area contributed by atoms with E-state index in [1.165, 1.54) is 83.0 Å². The monoisotopic (exact) mass is 243 g/mol. The molecule has 0 nitrogen and oxygen atoms in total. The van der Waals surface area contributed by atoms with Crippen molar-refractivity contribution in [1.82, 2.24) is 0 Å². The van der Waals surface area contributed by atoms with Crippen molar-refractivity contribution in [2.45, 2.75) is 84.5 Å². The summed E-state index contributed by atoms with van der Waals surface area (Å²) >= 11 is 0. The van der Waals surface area contributed by atoms with Gasteiger partial charge in [0.05, 0.1) is 0 Å². The van der Waals surface area contributed by atoms with Gasteiger partial charge in [-0.05, 0) is 18.7 Å². The molecule has 1 radical (unpaired) electrons. The summed E-state index contributed by atoms with van der Waals surface area (Å²) in [5.74, 6) is 0. The van der Waals surface area contributed by atoms with Crippen LogP contribution in [0.5, 0.6) is 0 Å². The molecule has 0 saturated carbocycles. The molecule has 0 spiro atoms. The maximum absolute atomic E-state index is 2.29. The lowest BCUT2D eigenvalue weighted by molar-refractivity contribution is 0.563. The van der Waals surface area contributed by atoms with Gasteiger partial charge in [0.1, 0.15) is 0 Å². The molecule has 0 N–H and O–H groups in total. The predicted molar refractivity (Wildman–Crippen MR) is 78.8 cm³/mol. The molecule has 0 heterocycles. The summed E-state index contributed by atoms with van der Waals surface area (Å²) in [5, 5.41) is 0. The minimum absolute atomic E-state index is 1.36. The van der Waals surface area contributed by atoms with Crippen LogP contribution in [0.1, 0.15) is 84.5 Å². The third-order valence-electron chi connectivity index (χ3n) is 3.05. The van der Waals surface area contributed by atoms with E-state index in [0.717, 1.165) is 0 Å². The van der Waals surface area contributed by atoms with E-state index >= 15 is 0 Å². The average Bonchev–Trinajstić information content (AvgIpc) is 2.31. The lowest BCUT2D eigenvalue weighted by atomic mass is 10.1. The second-order valence-corrected chi connectivity index (χ2v) is 6.19. The average molecular weight is 243 g/mol. The van der Waals surface area contributed by atoms with E-state index in [-0.39, 0.29) is 0 Å². The summed E-state index contributed by atoms with van der Waals surface area (Å²) in [7, 11) is 1.69. The van der Waals surface area contributed by atoms with Crippen LogP contribution in [-0.4, -0.2) is 12.3 Å². The molecular formula is C15H32P. The Labute approximate surface area is 106 Å². The fourth-order valence-electron chi connectivity index (χ4n) is 1.98. The van der Waals surface area contributed by atoms with E-state index in [1.807, 2.05) is 0 Å². The van der Waals surface area contributed by atoms with Crippen molar-refractivity contribution in [3.8, 4) is 0 Å². The van der Waals surface area contributed by atoms with Crippen LogP contribution >= 0.6 is 8.58 Å². The Morgan fingerprint density at radius 1 is 0.500 bits per heavy atom. The van der Waals surface area contributed by atoms with Crippen LogP contribution in [-0.2, 0) is 0 Å². The van der Waals surface area contributed by atoms with E-state index < -0.39 is 0 Å². The molecule has 0 rings (SSSR count). The van der Waals surface area contributed by atoms with Crippen molar-refractivity contribution in [2.75, 3.05) is 12.3 Å². The van der Waals surface area contributed by atoms with Crippen molar-refractivity contribution in [3.63, 3.8) is 0 Å². The van der Waals surface area contributed by atoms with Gasteiger partial charge in [-0.25, -0.2) is 0 Å². The van der Waals surface area contributed by atoms with Crippen molar-refractivity contribution < 1.29 is 0 Å². The first-order valence-electron chi connectivity index (χ1n) is 7.55. The third kappa shape index (κ3) is 14.4. The number of hydrogen-bond acceptors (Lipinski definition) is 0. The number of rotatable bonds is 13. The minimum atomic E-state index is 1.36. The summed E-state index contributed by atoms with van der Waals surface area (Å²) in [6.07, 6.45) is 18.9. The molecule has 0 aromatic heterocycles. The molecule has 0 aliphatic rings. The molecule has 97 valence electrons. The van der Waals surface area contributed by atoms with Gasteiger partial charge >= 0.3 is 0 Å². The molecule has 0 aliphatic carbocycles. The first kappa shape index (κ1) is 16.4. The van der Waals surface area contributed by atoms with Crippen molar-refractivity contribution in [2.24, 2.45) is 0 Å². The zero-order valence-corrected chi connectivity index (χ0v) is 12.5. The van der Waals surface area contributed by atoms with Crippen LogP contribution in [0.4, 0.5) is 0 Å². The molecule has 0 saturated heterocycles. The van der Waals surface area contributed by atoms with Crippen LogP contribution in [0, 0.1) is 0 Å². The topological polar surface area (TPSA) is 0 Å². The Bertz CT molecular complexity index is 98.0. The van der Waals surface area contributed by atoms with Gasteiger partial charge in [-0.2, -0.15) is 0 Å². The molecule has 0 amide bonds. The summed E-state index contributed by atoms with van der Waals surface area (Å²) in [5.41, 5.74) is 0. The highest BCUT2D eigenvalue weighted by atomic mass is 31.1. The van der Waals surface area contributed by atoms with E-state index in [9.17, 15) is 0 Å². The van der Waals surface area contributed by atoms with E-state index in [0.29, 0.717) is 0 Å². The Balaban J connectivity index is 2.83. The molecule has 0 fully saturated rings. The highest BCUT2D eigenvalue weighted by Gasteiger charge is 1.92. The maximum atomic E-state index is 2.29. The van der Waals surface area contributed by atoms with Crippen LogP contribution in [0.15, 0.2) is 0 Å². The fraction of sp³-hybridized carbons (Fsp3) is 1.00. The zero-order chi connectivity index (χ0) is 11.9. The van der Waals surface area contributed by atoms with Gasteiger partial charge in [0.25, 0.3) is 0 Å². The van der Waals surface area contributed by atoms with Crippen molar-refractivity contribution in [3.05, 3.63) is 0 Å². The van der Waals surface area contributed by atoms with Crippen LogP contribution in [0.3, 0.4) is 0 Å². The van der Waals surface area contributed by atoms with Gasteiger partial charge in [0.2, 0.25) is 0 Å². The smallest absolute Gasteiger partial charge is 0.0287 e. The van der Waals surface area contributed by atoms with Crippen LogP contribution in [0.2, 0.25) is 0 Å². The Hall–Kier alpha value is 0.430. The molecule has 0 aromatic carbocycles. The summed E-state index contributed by atoms with van der Waals surface area (Å²) < 4.78 is 0. The molecule has 0 aliphatic heterocycles. The van der Waals surface area contributed by atoms with Gasteiger partial charge in [-0.1, -0.05) is 86.6 Å². The lowest BCUT2D eigenvalue weighted by Gasteiger charge is -2.02. The first-order valence-corrected chi connectivity index (χ1v) is 8.81. The molecule has 0 aromatic rings. The quantitative estimate of drug-likeness (QED) is 0.264. The van der Waals surface area contributed by atoms with Crippen molar-refractivity contribution in [1.29, 1.82) is 0 Å². The molecule has 0 unspecified atom stereocenters. The summed E-state index contributed by atoms with van der Waals surface area (Å²) in [4.78, 5) is 0. The highest BCUT2D eigenvalue weighted by molar-refractivity contribution is 7.37. The van der Waals surface area contributed by atoms with Gasteiger partial charge in [-0.15, -0.1) is 0 Å². The van der Waals surface area contributed by atoms with E-state index in [2.05, 4.69) is 13.8 Å².